The van der Waals surface area contributed by atoms with Gasteiger partial charge in [-0.15, -0.1) is 0 Å². The number of carbonyl (C=O) groups excluding carboxylic acids is 1. The van der Waals surface area contributed by atoms with Crippen LogP contribution in [0.1, 0.15) is 37.7 Å². The number of aromatic nitrogens is 1. The second-order valence-electron chi connectivity index (χ2n) is 7.12. The molecule has 2 unspecified atom stereocenters. The highest BCUT2D eigenvalue weighted by molar-refractivity contribution is 6.30. The number of halogens is 1. The second kappa shape index (κ2) is 6.98. The lowest BCUT2D eigenvalue weighted by molar-refractivity contribution is -0.190. The molecule has 144 valence electrons. The number of hydrogen-bond donors (Lipinski definition) is 2. The zero-order valence-corrected chi connectivity index (χ0v) is 16.0. The molecule has 2 aromatic rings. The summed E-state index contributed by atoms with van der Waals surface area (Å²) in [6.07, 6.45) is -0.0632. The molecule has 7 nitrogen and oxygen atoms in total. The van der Waals surface area contributed by atoms with Crippen LogP contribution in [-0.4, -0.2) is 40.4 Å². The Bertz CT molecular complexity index is 878. The van der Waals surface area contributed by atoms with E-state index in [4.69, 9.17) is 20.9 Å². The van der Waals surface area contributed by atoms with Gasteiger partial charge in [-0.05, 0) is 19.1 Å². The molecule has 1 aromatic carbocycles. The molecular formula is C19H21ClN2O5. The van der Waals surface area contributed by atoms with Crippen molar-refractivity contribution in [2.24, 2.45) is 5.41 Å². The van der Waals surface area contributed by atoms with E-state index in [1.807, 2.05) is 6.92 Å². The second-order valence-corrected chi connectivity index (χ2v) is 7.56. The molecule has 0 saturated heterocycles. The Morgan fingerprint density at radius 3 is 2.74 bits per heavy atom. The van der Waals surface area contributed by atoms with Gasteiger partial charge in [0.05, 0.1) is 6.10 Å². The first kappa shape index (κ1) is 19.4. The van der Waals surface area contributed by atoms with Crippen molar-refractivity contribution in [3.8, 4) is 11.3 Å². The maximum Gasteiger partial charge on any atom is 0.330 e. The van der Waals surface area contributed by atoms with Gasteiger partial charge in [-0.25, -0.2) is 4.79 Å². The fourth-order valence-corrected chi connectivity index (χ4v) is 3.65. The Labute approximate surface area is 161 Å². The number of carboxylic acid groups (broad SMARTS) is 1. The minimum atomic E-state index is -1.43. The van der Waals surface area contributed by atoms with E-state index in [9.17, 15) is 14.7 Å². The fraction of sp³-hybridized carbons (Fsp3) is 0.421. The van der Waals surface area contributed by atoms with E-state index in [1.54, 1.807) is 38.1 Å². The average molecular weight is 393 g/mol. The Morgan fingerprint density at radius 2 is 2.15 bits per heavy atom. The topological polar surface area (TPSA) is 102 Å². The molecule has 27 heavy (non-hydrogen) atoms. The molecule has 1 aliphatic rings. The Balaban J connectivity index is 1.81. The molecule has 1 heterocycles. The third-order valence-electron chi connectivity index (χ3n) is 5.31. The molecule has 1 fully saturated rings. The van der Waals surface area contributed by atoms with Crippen molar-refractivity contribution in [2.75, 3.05) is 6.61 Å². The minimum Gasteiger partial charge on any atom is -0.479 e. The van der Waals surface area contributed by atoms with Crippen LogP contribution in [-0.2, 0) is 9.53 Å². The molecule has 8 heteroatoms. The minimum absolute atomic E-state index is 0.00117. The summed E-state index contributed by atoms with van der Waals surface area (Å²) in [7, 11) is 0. The molecule has 0 spiro atoms. The van der Waals surface area contributed by atoms with Crippen LogP contribution in [0, 0.1) is 5.41 Å². The molecule has 1 aliphatic carbocycles. The van der Waals surface area contributed by atoms with Gasteiger partial charge in [0.15, 0.2) is 11.5 Å². The number of nitrogens with zero attached hydrogens (tertiary/aromatic N) is 1. The summed E-state index contributed by atoms with van der Waals surface area (Å²) >= 11 is 5.96. The van der Waals surface area contributed by atoms with E-state index in [2.05, 4.69) is 10.5 Å². The highest BCUT2D eigenvalue weighted by Gasteiger charge is 2.66. The number of ether oxygens (including phenoxy) is 1. The lowest BCUT2D eigenvalue weighted by Gasteiger charge is -2.58. The van der Waals surface area contributed by atoms with Crippen molar-refractivity contribution < 1.29 is 24.0 Å². The number of rotatable bonds is 6. The lowest BCUT2D eigenvalue weighted by atomic mass is 9.54. The van der Waals surface area contributed by atoms with Gasteiger partial charge in [0.2, 0.25) is 0 Å². The standard InChI is InChI=1S/C19H21ClN2O5/c1-4-26-15-10-19(17(24)25,18(15,2)3)21-16(23)13-9-14(27-22-13)11-6-5-7-12(20)8-11/h5-9,15H,4,10H2,1-3H3,(H,21,23)(H,24,25). The van der Waals surface area contributed by atoms with Gasteiger partial charge in [0, 0.05) is 35.1 Å². The fourth-order valence-electron chi connectivity index (χ4n) is 3.45. The van der Waals surface area contributed by atoms with Crippen molar-refractivity contribution in [3.63, 3.8) is 0 Å². The predicted octanol–water partition coefficient (Wildman–Crippen LogP) is 3.38. The van der Waals surface area contributed by atoms with Crippen molar-refractivity contribution in [3.05, 3.63) is 41.0 Å². The summed E-state index contributed by atoms with van der Waals surface area (Å²) in [4.78, 5) is 24.6. The van der Waals surface area contributed by atoms with Gasteiger partial charge >= 0.3 is 5.97 Å². The molecule has 2 atom stereocenters. The molecule has 1 amide bonds. The molecule has 2 N–H and O–H groups in total. The number of carboxylic acids is 1. The van der Waals surface area contributed by atoms with E-state index in [0.717, 1.165) is 0 Å². The molecule has 0 bridgehead atoms. The quantitative estimate of drug-likeness (QED) is 0.781. The molecule has 0 radical (unpaired) electrons. The number of aliphatic carboxylic acids is 1. The average Bonchev–Trinajstić information content (AvgIpc) is 3.10. The van der Waals surface area contributed by atoms with Crippen molar-refractivity contribution in [1.82, 2.24) is 10.5 Å². The third-order valence-corrected chi connectivity index (χ3v) is 5.54. The SMILES string of the molecule is CCOC1CC(NC(=O)c2cc(-c3cccc(Cl)c3)on2)(C(=O)O)C1(C)C. The predicted molar refractivity (Wildman–Crippen MR) is 98.6 cm³/mol. The number of hydrogen-bond acceptors (Lipinski definition) is 5. The van der Waals surface area contributed by atoms with E-state index in [1.165, 1.54) is 6.07 Å². The van der Waals surface area contributed by atoms with Gasteiger partial charge in [-0.2, -0.15) is 0 Å². The Kier molecular flexibility index (Phi) is 5.01. The van der Waals surface area contributed by atoms with E-state index in [0.29, 0.717) is 23.0 Å². The summed E-state index contributed by atoms with van der Waals surface area (Å²) in [6.45, 7) is 5.86. The molecular weight excluding hydrogens is 372 g/mol. The molecule has 1 saturated carbocycles. The van der Waals surface area contributed by atoms with E-state index < -0.39 is 22.8 Å². The van der Waals surface area contributed by atoms with Crippen LogP contribution < -0.4 is 5.32 Å². The number of amides is 1. The first-order chi connectivity index (χ1) is 12.7. The van der Waals surface area contributed by atoms with Crippen molar-refractivity contribution in [1.29, 1.82) is 0 Å². The maximum atomic E-state index is 12.7. The van der Waals surface area contributed by atoms with Gasteiger partial charge in [0.1, 0.15) is 5.54 Å². The first-order valence-corrected chi connectivity index (χ1v) is 8.99. The monoisotopic (exact) mass is 392 g/mol. The zero-order valence-electron chi connectivity index (χ0n) is 15.3. The first-order valence-electron chi connectivity index (χ1n) is 8.61. The number of nitrogens with one attached hydrogen (secondary N) is 1. The largest absolute Gasteiger partial charge is 0.479 e. The van der Waals surface area contributed by atoms with E-state index in [-0.39, 0.29) is 18.2 Å². The van der Waals surface area contributed by atoms with Gasteiger partial charge in [0.25, 0.3) is 5.91 Å². The summed E-state index contributed by atoms with van der Waals surface area (Å²) in [6, 6.07) is 8.39. The Morgan fingerprint density at radius 1 is 1.41 bits per heavy atom. The highest BCUT2D eigenvalue weighted by atomic mass is 35.5. The normalized spacial score (nSPS) is 23.5. The highest BCUT2D eigenvalue weighted by Crippen LogP contribution is 2.51. The summed E-state index contributed by atoms with van der Waals surface area (Å²) in [5, 5.41) is 16.7. The zero-order chi connectivity index (χ0) is 19.8. The van der Waals surface area contributed by atoms with E-state index >= 15 is 0 Å². The van der Waals surface area contributed by atoms with Gasteiger partial charge < -0.3 is 19.7 Å². The third kappa shape index (κ3) is 3.21. The molecule has 1 aromatic heterocycles. The van der Waals surface area contributed by atoms with Crippen LogP contribution in [0.5, 0.6) is 0 Å². The number of benzene rings is 1. The summed E-state index contributed by atoms with van der Waals surface area (Å²) in [5.41, 5.74) is -1.54. The maximum absolute atomic E-state index is 12.7. The lowest BCUT2D eigenvalue weighted by Crippen LogP contribution is -2.76. The van der Waals surface area contributed by atoms with Gasteiger partial charge in [-0.1, -0.05) is 42.7 Å². The van der Waals surface area contributed by atoms with Crippen molar-refractivity contribution >= 4 is 23.5 Å². The van der Waals surface area contributed by atoms with Crippen LogP contribution in [0.3, 0.4) is 0 Å². The van der Waals surface area contributed by atoms with Gasteiger partial charge in [-0.3, -0.25) is 4.79 Å². The summed E-state index contributed by atoms with van der Waals surface area (Å²) < 4.78 is 10.8. The smallest absolute Gasteiger partial charge is 0.330 e. The Hall–Kier alpha value is -2.38. The van der Waals surface area contributed by atoms with Crippen LogP contribution in [0.4, 0.5) is 0 Å². The van der Waals surface area contributed by atoms with Crippen LogP contribution in [0.25, 0.3) is 11.3 Å². The molecule has 0 aliphatic heterocycles. The van der Waals surface area contributed by atoms with Crippen molar-refractivity contribution in [2.45, 2.75) is 38.8 Å². The number of carbonyl (C=O) groups is 2. The molecule has 3 rings (SSSR count). The van der Waals surface area contributed by atoms with Crippen LogP contribution in [0.2, 0.25) is 5.02 Å². The summed E-state index contributed by atoms with van der Waals surface area (Å²) in [5.74, 6) is -1.35. The van der Waals surface area contributed by atoms with Crippen LogP contribution >= 0.6 is 11.6 Å². The van der Waals surface area contributed by atoms with Crippen LogP contribution in [0.15, 0.2) is 34.9 Å².